The van der Waals surface area contributed by atoms with Gasteiger partial charge in [-0.15, -0.1) is 0 Å². The summed E-state index contributed by atoms with van der Waals surface area (Å²) in [6.07, 6.45) is 1.74. The molecule has 1 saturated carbocycles. The Hall–Kier alpha value is -0.990. The van der Waals surface area contributed by atoms with E-state index in [1.54, 1.807) is 0 Å². The molecule has 1 amide bonds. The topological polar surface area (TPSA) is 29.1 Å². The fourth-order valence-electron chi connectivity index (χ4n) is 1.89. The number of carbonyl (C=O) groups is 1. The molecule has 0 aromatic heterocycles. The zero-order chi connectivity index (χ0) is 12.5. The Morgan fingerprint density at radius 1 is 1.35 bits per heavy atom. The number of halogens is 2. The highest BCUT2D eigenvalue weighted by Crippen LogP contribution is 2.48. The molecule has 1 aromatic carbocycles. The van der Waals surface area contributed by atoms with E-state index < -0.39 is 0 Å². The summed E-state index contributed by atoms with van der Waals surface area (Å²) in [6, 6.07) is 7.43. The van der Waals surface area contributed by atoms with Gasteiger partial charge in [-0.2, -0.15) is 0 Å². The Kier molecular flexibility index (Phi) is 3.45. The van der Waals surface area contributed by atoms with Gasteiger partial charge in [0.25, 0.3) is 0 Å². The number of rotatable bonds is 4. The first kappa shape index (κ1) is 12.5. The number of benzene rings is 1. The van der Waals surface area contributed by atoms with Gasteiger partial charge in [0.2, 0.25) is 5.91 Å². The van der Waals surface area contributed by atoms with Crippen molar-refractivity contribution in [3.8, 4) is 0 Å². The molecule has 2 nitrogen and oxygen atoms in total. The van der Waals surface area contributed by atoms with Crippen molar-refractivity contribution in [3.05, 3.63) is 46.5 Å². The quantitative estimate of drug-likeness (QED) is 0.894. The first-order valence-corrected chi connectivity index (χ1v) is 6.18. The Labute approximate surface area is 111 Å². The average molecular weight is 270 g/mol. The second-order valence-electron chi connectivity index (χ2n) is 4.29. The van der Waals surface area contributed by atoms with Crippen LogP contribution in [-0.4, -0.2) is 12.5 Å². The molecule has 0 unspecified atom stereocenters. The Morgan fingerprint density at radius 3 is 2.41 bits per heavy atom. The third-order valence-electron chi connectivity index (χ3n) is 3.02. The number of hydrogen-bond acceptors (Lipinski definition) is 1. The van der Waals surface area contributed by atoms with E-state index in [0.717, 1.165) is 18.4 Å². The molecule has 17 heavy (non-hydrogen) atoms. The molecular weight excluding hydrogens is 257 g/mol. The fraction of sp³-hybridized carbons (Fsp3) is 0.308. The minimum atomic E-state index is -0.378. The van der Waals surface area contributed by atoms with E-state index in [1.165, 1.54) is 0 Å². The fourth-order valence-corrected chi connectivity index (χ4v) is 2.08. The van der Waals surface area contributed by atoms with E-state index in [0.29, 0.717) is 16.6 Å². The molecule has 0 heterocycles. The van der Waals surface area contributed by atoms with Crippen LogP contribution in [0.25, 0.3) is 0 Å². The molecule has 1 N–H and O–H groups in total. The van der Waals surface area contributed by atoms with Crippen molar-refractivity contribution in [2.24, 2.45) is 0 Å². The van der Waals surface area contributed by atoms with Crippen molar-refractivity contribution < 1.29 is 4.79 Å². The van der Waals surface area contributed by atoms with Crippen LogP contribution >= 0.6 is 23.2 Å². The second kappa shape index (κ2) is 4.71. The Morgan fingerprint density at radius 2 is 1.94 bits per heavy atom. The van der Waals surface area contributed by atoms with Gasteiger partial charge in [-0.05, 0) is 30.5 Å². The molecule has 2 rings (SSSR count). The van der Waals surface area contributed by atoms with E-state index in [2.05, 4.69) is 11.9 Å². The highest BCUT2D eigenvalue weighted by atomic mass is 35.5. The zero-order valence-corrected chi connectivity index (χ0v) is 10.8. The normalized spacial score (nSPS) is 16.4. The third kappa shape index (κ3) is 2.64. The highest BCUT2D eigenvalue weighted by Gasteiger charge is 2.50. The van der Waals surface area contributed by atoms with E-state index in [4.69, 9.17) is 23.2 Å². The van der Waals surface area contributed by atoms with Crippen molar-refractivity contribution in [2.75, 3.05) is 6.54 Å². The van der Waals surface area contributed by atoms with Crippen molar-refractivity contribution in [1.29, 1.82) is 0 Å². The summed E-state index contributed by atoms with van der Waals surface area (Å²) in [5, 5.41) is 3.91. The zero-order valence-electron chi connectivity index (χ0n) is 9.30. The molecule has 0 aliphatic heterocycles. The van der Waals surface area contributed by atoms with E-state index in [9.17, 15) is 4.79 Å². The lowest BCUT2D eigenvalue weighted by atomic mass is 9.95. The first-order chi connectivity index (χ1) is 8.04. The summed E-state index contributed by atoms with van der Waals surface area (Å²) in [7, 11) is 0. The predicted molar refractivity (Wildman–Crippen MR) is 70.4 cm³/mol. The average Bonchev–Trinajstić information content (AvgIpc) is 3.08. The van der Waals surface area contributed by atoms with Crippen LogP contribution in [-0.2, 0) is 10.2 Å². The number of amides is 1. The summed E-state index contributed by atoms with van der Waals surface area (Å²) in [5.41, 5.74) is 0.635. The molecule has 4 heteroatoms. The van der Waals surface area contributed by atoms with Gasteiger partial charge in [0, 0.05) is 10.1 Å². The van der Waals surface area contributed by atoms with E-state index >= 15 is 0 Å². The molecular formula is C13H13Cl2NO. The standard InChI is InChI=1S/C13H13Cl2NO/c1-9(14)8-16-12(17)13(6-7-13)10-2-4-11(15)5-3-10/h2-5H,1,6-8H2,(H,16,17). The number of hydrogen-bond donors (Lipinski definition) is 1. The van der Waals surface area contributed by atoms with Crippen LogP contribution in [0.4, 0.5) is 0 Å². The SMILES string of the molecule is C=C(Cl)CNC(=O)C1(c2ccc(Cl)cc2)CC1. The van der Waals surface area contributed by atoms with Crippen LogP contribution < -0.4 is 5.32 Å². The van der Waals surface area contributed by atoms with Crippen LogP contribution in [0.1, 0.15) is 18.4 Å². The van der Waals surface area contributed by atoms with Gasteiger partial charge in [-0.3, -0.25) is 4.79 Å². The summed E-state index contributed by atoms with van der Waals surface area (Å²) in [5.74, 6) is 0.0154. The third-order valence-corrected chi connectivity index (χ3v) is 3.41. The van der Waals surface area contributed by atoms with E-state index in [-0.39, 0.29) is 11.3 Å². The minimum Gasteiger partial charge on any atom is -0.350 e. The van der Waals surface area contributed by atoms with Crippen molar-refractivity contribution in [1.82, 2.24) is 5.32 Å². The Balaban J connectivity index is 2.11. The maximum absolute atomic E-state index is 12.1. The maximum atomic E-state index is 12.1. The van der Waals surface area contributed by atoms with Crippen LogP contribution in [0.5, 0.6) is 0 Å². The Bertz CT molecular complexity index is 449. The minimum absolute atomic E-state index is 0.0154. The summed E-state index contributed by atoms with van der Waals surface area (Å²) < 4.78 is 0. The summed E-state index contributed by atoms with van der Waals surface area (Å²) in [6.45, 7) is 3.86. The lowest BCUT2D eigenvalue weighted by Crippen LogP contribution is -2.35. The number of nitrogens with one attached hydrogen (secondary N) is 1. The molecule has 1 aliphatic carbocycles. The van der Waals surface area contributed by atoms with Crippen LogP contribution in [0.3, 0.4) is 0 Å². The molecule has 1 fully saturated rings. The van der Waals surface area contributed by atoms with Gasteiger partial charge in [-0.1, -0.05) is 41.9 Å². The summed E-state index contributed by atoms with van der Waals surface area (Å²) in [4.78, 5) is 12.1. The first-order valence-electron chi connectivity index (χ1n) is 5.42. The lowest BCUT2D eigenvalue weighted by molar-refractivity contribution is -0.123. The maximum Gasteiger partial charge on any atom is 0.230 e. The molecule has 0 atom stereocenters. The van der Waals surface area contributed by atoms with Gasteiger partial charge in [-0.25, -0.2) is 0 Å². The monoisotopic (exact) mass is 269 g/mol. The van der Waals surface area contributed by atoms with Gasteiger partial charge in [0.05, 0.1) is 12.0 Å². The molecule has 1 aromatic rings. The molecule has 1 aliphatic rings. The predicted octanol–water partition coefficient (Wildman–Crippen LogP) is 3.24. The molecule has 90 valence electrons. The molecule has 0 spiro atoms. The van der Waals surface area contributed by atoms with Crippen molar-refractivity contribution in [2.45, 2.75) is 18.3 Å². The van der Waals surface area contributed by atoms with Gasteiger partial charge < -0.3 is 5.32 Å². The number of carbonyl (C=O) groups excluding carboxylic acids is 1. The molecule has 0 radical (unpaired) electrons. The van der Waals surface area contributed by atoms with Crippen molar-refractivity contribution >= 4 is 29.1 Å². The van der Waals surface area contributed by atoms with Crippen LogP contribution in [0.15, 0.2) is 35.9 Å². The highest BCUT2D eigenvalue weighted by molar-refractivity contribution is 6.30. The van der Waals surface area contributed by atoms with Crippen LogP contribution in [0, 0.1) is 0 Å². The largest absolute Gasteiger partial charge is 0.350 e. The molecule has 0 saturated heterocycles. The van der Waals surface area contributed by atoms with Crippen LogP contribution in [0.2, 0.25) is 5.02 Å². The lowest BCUT2D eigenvalue weighted by Gasteiger charge is -2.15. The summed E-state index contributed by atoms with van der Waals surface area (Å²) >= 11 is 11.5. The second-order valence-corrected chi connectivity index (χ2v) is 5.26. The van der Waals surface area contributed by atoms with E-state index in [1.807, 2.05) is 24.3 Å². The van der Waals surface area contributed by atoms with Gasteiger partial charge in [0.1, 0.15) is 0 Å². The molecule has 0 bridgehead atoms. The van der Waals surface area contributed by atoms with Gasteiger partial charge in [0.15, 0.2) is 0 Å². The van der Waals surface area contributed by atoms with Crippen molar-refractivity contribution in [3.63, 3.8) is 0 Å². The van der Waals surface area contributed by atoms with Gasteiger partial charge >= 0.3 is 0 Å². The smallest absolute Gasteiger partial charge is 0.230 e.